The van der Waals surface area contributed by atoms with E-state index in [2.05, 4.69) is 0 Å². The third-order valence-electron chi connectivity index (χ3n) is 3.28. The highest BCUT2D eigenvalue weighted by Crippen LogP contribution is 2.43. The van der Waals surface area contributed by atoms with Gasteiger partial charge in [-0.3, -0.25) is 0 Å². The molecule has 1 aliphatic heterocycles. The second kappa shape index (κ2) is 4.78. The average Bonchev–Trinajstić information content (AvgIpc) is 2.73. The molecule has 0 radical (unpaired) electrons. The lowest BCUT2D eigenvalue weighted by Crippen LogP contribution is -2.24. The Morgan fingerprint density at radius 3 is 2.86 bits per heavy atom. The fourth-order valence-electron chi connectivity index (χ4n) is 2.48. The van der Waals surface area contributed by atoms with Crippen molar-refractivity contribution in [3.05, 3.63) is 53.3 Å². The number of fused-ring (bicyclic) bond motifs is 1. The minimum absolute atomic E-state index is 0.221. The number of halogens is 1. The zero-order valence-corrected chi connectivity index (χ0v) is 11.8. The predicted molar refractivity (Wildman–Crippen MR) is 76.0 cm³/mol. The molecule has 2 aromatic carbocycles. The van der Waals surface area contributed by atoms with Crippen LogP contribution in [-0.4, -0.2) is 5.60 Å². The summed E-state index contributed by atoms with van der Waals surface area (Å²) in [7, 11) is 0. The lowest BCUT2D eigenvalue weighted by Gasteiger charge is -2.18. The van der Waals surface area contributed by atoms with Crippen molar-refractivity contribution in [1.82, 2.24) is 0 Å². The van der Waals surface area contributed by atoms with E-state index in [9.17, 15) is 4.39 Å². The number of hydrogen-bond donors (Lipinski definition) is 0. The van der Waals surface area contributed by atoms with Crippen molar-refractivity contribution in [2.24, 2.45) is 0 Å². The summed E-state index contributed by atoms with van der Waals surface area (Å²) < 4.78 is 25.1. The van der Waals surface area contributed by atoms with Crippen LogP contribution in [0.2, 0.25) is 0 Å². The topological polar surface area (TPSA) is 42.2 Å². The van der Waals surface area contributed by atoms with Gasteiger partial charge in [-0.2, -0.15) is 5.26 Å². The Bertz CT molecular complexity index is 747. The van der Waals surface area contributed by atoms with E-state index >= 15 is 0 Å². The smallest absolute Gasteiger partial charge is 0.169 e. The van der Waals surface area contributed by atoms with Gasteiger partial charge in [0.05, 0.1) is 11.6 Å². The normalized spacial score (nSPS) is 15.0. The summed E-state index contributed by atoms with van der Waals surface area (Å²) in [5, 5.41) is 8.88. The molecule has 0 unspecified atom stereocenters. The van der Waals surface area contributed by atoms with E-state index in [1.165, 1.54) is 18.2 Å². The summed E-state index contributed by atoms with van der Waals surface area (Å²) in [6.07, 6.45) is 0.798. The molecular formula is C17H14FNO2. The van der Waals surface area contributed by atoms with Crippen molar-refractivity contribution in [3.63, 3.8) is 0 Å². The molecule has 1 heterocycles. The van der Waals surface area contributed by atoms with Gasteiger partial charge >= 0.3 is 0 Å². The summed E-state index contributed by atoms with van der Waals surface area (Å²) in [6, 6.07) is 11.5. The van der Waals surface area contributed by atoms with E-state index in [4.69, 9.17) is 14.7 Å². The first-order valence-corrected chi connectivity index (χ1v) is 6.66. The van der Waals surface area contributed by atoms with E-state index in [1.807, 2.05) is 32.0 Å². The van der Waals surface area contributed by atoms with Crippen LogP contribution < -0.4 is 9.47 Å². The predicted octanol–water partition coefficient (Wildman–Crippen LogP) is 4.20. The molecule has 4 heteroatoms. The van der Waals surface area contributed by atoms with Crippen LogP contribution in [0.5, 0.6) is 17.2 Å². The van der Waals surface area contributed by atoms with E-state index in [0.717, 1.165) is 12.0 Å². The lowest BCUT2D eigenvalue weighted by molar-refractivity contribution is 0.135. The Balaban J connectivity index is 1.96. The molecule has 21 heavy (non-hydrogen) atoms. The maximum atomic E-state index is 13.5. The monoisotopic (exact) mass is 283 g/mol. The molecular weight excluding hydrogens is 269 g/mol. The van der Waals surface area contributed by atoms with Crippen molar-refractivity contribution >= 4 is 0 Å². The van der Waals surface area contributed by atoms with Crippen molar-refractivity contribution < 1.29 is 13.9 Å². The van der Waals surface area contributed by atoms with Gasteiger partial charge in [-0.05, 0) is 32.0 Å². The molecule has 0 aliphatic carbocycles. The molecule has 0 fully saturated rings. The van der Waals surface area contributed by atoms with Crippen LogP contribution in [0.25, 0.3) is 0 Å². The number of nitriles is 1. The fourth-order valence-corrected chi connectivity index (χ4v) is 2.48. The Morgan fingerprint density at radius 2 is 2.10 bits per heavy atom. The molecule has 2 aromatic rings. The minimum atomic E-state index is -0.502. The number of hydrogen-bond acceptors (Lipinski definition) is 3. The Labute approximate surface area is 122 Å². The van der Waals surface area contributed by atoms with Gasteiger partial charge in [-0.15, -0.1) is 0 Å². The van der Waals surface area contributed by atoms with Crippen LogP contribution in [0.4, 0.5) is 4.39 Å². The van der Waals surface area contributed by atoms with Gasteiger partial charge < -0.3 is 9.47 Å². The SMILES string of the molecule is CC1(C)Cc2cccc(Oc3cc(F)cc(C#N)c3)c2O1. The number of para-hydroxylation sites is 1. The number of nitrogens with zero attached hydrogens (tertiary/aromatic N) is 1. The van der Waals surface area contributed by atoms with Gasteiger partial charge in [-0.1, -0.05) is 12.1 Å². The van der Waals surface area contributed by atoms with Gasteiger partial charge in [0.15, 0.2) is 11.5 Å². The fraction of sp³-hybridized carbons (Fsp3) is 0.235. The standard InChI is InChI=1S/C17H14FNO2/c1-17(2)9-12-4-3-5-15(16(12)21-17)20-14-7-11(10-19)6-13(18)8-14/h3-8H,9H2,1-2H3. The lowest BCUT2D eigenvalue weighted by atomic mass is 10.0. The summed E-state index contributed by atoms with van der Waals surface area (Å²) in [4.78, 5) is 0. The van der Waals surface area contributed by atoms with E-state index in [0.29, 0.717) is 11.5 Å². The maximum Gasteiger partial charge on any atom is 0.169 e. The summed E-state index contributed by atoms with van der Waals surface area (Å²) in [6.45, 7) is 4.01. The molecule has 0 amide bonds. The quantitative estimate of drug-likeness (QED) is 0.829. The van der Waals surface area contributed by atoms with Crippen LogP contribution in [0.15, 0.2) is 36.4 Å². The highest BCUT2D eigenvalue weighted by atomic mass is 19.1. The summed E-state index contributed by atoms with van der Waals surface area (Å²) in [5.41, 5.74) is 1.01. The maximum absolute atomic E-state index is 13.5. The Hall–Kier alpha value is -2.54. The molecule has 0 aromatic heterocycles. The highest BCUT2D eigenvalue weighted by molar-refractivity contribution is 5.52. The third-order valence-corrected chi connectivity index (χ3v) is 3.28. The van der Waals surface area contributed by atoms with Gasteiger partial charge in [0, 0.05) is 18.1 Å². The van der Waals surface area contributed by atoms with E-state index in [-0.39, 0.29) is 16.9 Å². The molecule has 0 bridgehead atoms. The number of ether oxygens (including phenoxy) is 2. The van der Waals surface area contributed by atoms with Crippen molar-refractivity contribution in [2.75, 3.05) is 0 Å². The van der Waals surface area contributed by atoms with Crippen LogP contribution in [0, 0.1) is 17.1 Å². The van der Waals surface area contributed by atoms with Crippen LogP contribution in [-0.2, 0) is 6.42 Å². The molecule has 0 N–H and O–H groups in total. The molecule has 106 valence electrons. The molecule has 1 aliphatic rings. The minimum Gasteiger partial charge on any atom is -0.483 e. The van der Waals surface area contributed by atoms with Crippen LogP contribution in [0.1, 0.15) is 25.0 Å². The molecule has 0 spiro atoms. The van der Waals surface area contributed by atoms with Crippen molar-refractivity contribution in [2.45, 2.75) is 25.9 Å². The third kappa shape index (κ3) is 2.68. The largest absolute Gasteiger partial charge is 0.483 e. The zero-order valence-electron chi connectivity index (χ0n) is 11.8. The number of rotatable bonds is 2. The molecule has 3 nitrogen and oxygen atoms in total. The van der Waals surface area contributed by atoms with Crippen LogP contribution >= 0.6 is 0 Å². The molecule has 0 atom stereocenters. The van der Waals surface area contributed by atoms with Gasteiger partial charge in [0.2, 0.25) is 0 Å². The molecule has 0 saturated carbocycles. The average molecular weight is 283 g/mol. The summed E-state index contributed by atoms with van der Waals surface area (Å²) in [5.74, 6) is 1.00. The highest BCUT2D eigenvalue weighted by Gasteiger charge is 2.32. The summed E-state index contributed by atoms with van der Waals surface area (Å²) >= 11 is 0. The van der Waals surface area contributed by atoms with E-state index < -0.39 is 5.82 Å². The van der Waals surface area contributed by atoms with Crippen molar-refractivity contribution in [3.8, 4) is 23.3 Å². The van der Waals surface area contributed by atoms with Gasteiger partial charge in [-0.25, -0.2) is 4.39 Å². The van der Waals surface area contributed by atoms with Crippen LogP contribution in [0.3, 0.4) is 0 Å². The van der Waals surface area contributed by atoms with Crippen molar-refractivity contribution in [1.29, 1.82) is 5.26 Å². The first kappa shape index (κ1) is 13.4. The first-order chi connectivity index (χ1) is 9.97. The van der Waals surface area contributed by atoms with Gasteiger partial charge in [0.25, 0.3) is 0 Å². The number of benzene rings is 2. The second-order valence-corrected chi connectivity index (χ2v) is 5.67. The molecule has 0 saturated heterocycles. The van der Waals surface area contributed by atoms with Gasteiger partial charge in [0.1, 0.15) is 17.2 Å². The molecule has 3 rings (SSSR count). The zero-order chi connectivity index (χ0) is 15.0. The van der Waals surface area contributed by atoms with E-state index in [1.54, 1.807) is 6.07 Å². The Morgan fingerprint density at radius 1 is 1.29 bits per heavy atom. The Kier molecular flexibility index (Phi) is 3.06. The second-order valence-electron chi connectivity index (χ2n) is 5.67. The first-order valence-electron chi connectivity index (χ1n) is 6.66.